The first kappa shape index (κ1) is 16.1. The SMILES string of the molecule is C=CCS(=O)CC(=O)On1c(-c2ccccc2)nc2cnccc21. The molecule has 0 spiro atoms. The molecule has 0 N–H and O–H groups in total. The summed E-state index contributed by atoms with van der Waals surface area (Å²) in [7, 11) is -1.34. The second-order valence-corrected chi connectivity index (χ2v) is 6.46. The van der Waals surface area contributed by atoms with Crippen molar-refractivity contribution in [2.45, 2.75) is 0 Å². The smallest absolute Gasteiger partial charge is 0.333 e. The Balaban J connectivity index is 1.98. The molecule has 0 aliphatic carbocycles. The van der Waals surface area contributed by atoms with Gasteiger partial charge in [0.2, 0.25) is 0 Å². The lowest BCUT2D eigenvalue weighted by molar-refractivity contribution is -0.140. The van der Waals surface area contributed by atoms with Crippen LogP contribution >= 0.6 is 0 Å². The van der Waals surface area contributed by atoms with Gasteiger partial charge >= 0.3 is 5.97 Å². The zero-order chi connectivity index (χ0) is 16.9. The fourth-order valence-electron chi connectivity index (χ4n) is 2.22. The average molecular weight is 341 g/mol. The van der Waals surface area contributed by atoms with Crippen molar-refractivity contribution in [2.75, 3.05) is 11.5 Å². The van der Waals surface area contributed by atoms with Crippen LogP contribution in [0.3, 0.4) is 0 Å². The highest BCUT2D eigenvalue weighted by Crippen LogP contribution is 2.23. The summed E-state index contributed by atoms with van der Waals surface area (Å²) in [6.07, 6.45) is 4.71. The van der Waals surface area contributed by atoms with E-state index in [0.717, 1.165) is 5.56 Å². The Morgan fingerprint density at radius 1 is 1.29 bits per heavy atom. The molecule has 0 saturated carbocycles. The third kappa shape index (κ3) is 3.41. The summed E-state index contributed by atoms with van der Waals surface area (Å²) in [5, 5.41) is 0. The van der Waals surface area contributed by atoms with E-state index in [1.807, 2.05) is 30.3 Å². The van der Waals surface area contributed by atoms with Gasteiger partial charge in [-0.2, -0.15) is 4.73 Å². The van der Waals surface area contributed by atoms with Gasteiger partial charge in [0.15, 0.2) is 5.82 Å². The van der Waals surface area contributed by atoms with E-state index in [9.17, 15) is 9.00 Å². The van der Waals surface area contributed by atoms with Crippen molar-refractivity contribution in [2.24, 2.45) is 0 Å². The first-order valence-electron chi connectivity index (χ1n) is 7.24. The summed E-state index contributed by atoms with van der Waals surface area (Å²) in [4.78, 5) is 26.1. The monoisotopic (exact) mass is 341 g/mol. The van der Waals surface area contributed by atoms with Crippen LogP contribution in [0.5, 0.6) is 0 Å². The van der Waals surface area contributed by atoms with E-state index in [1.165, 1.54) is 10.8 Å². The highest BCUT2D eigenvalue weighted by atomic mass is 32.2. The van der Waals surface area contributed by atoms with Crippen molar-refractivity contribution >= 4 is 27.8 Å². The maximum absolute atomic E-state index is 12.1. The Hall–Kier alpha value is -2.80. The van der Waals surface area contributed by atoms with Gasteiger partial charge in [-0.3, -0.25) is 9.19 Å². The molecule has 0 aliphatic heterocycles. The van der Waals surface area contributed by atoms with Crippen molar-refractivity contribution in [3.8, 4) is 11.4 Å². The van der Waals surface area contributed by atoms with Crippen LogP contribution in [0.1, 0.15) is 0 Å². The molecular formula is C17H15N3O3S. The number of fused-ring (bicyclic) bond motifs is 1. The van der Waals surface area contributed by atoms with Gasteiger partial charge in [0, 0.05) is 28.3 Å². The molecule has 6 nitrogen and oxygen atoms in total. The van der Waals surface area contributed by atoms with E-state index in [-0.39, 0.29) is 11.5 Å². The molecule has 1 unspecified atom stereocenters. The molecule has 0 fully saturated rings. The molecule has 2 heterocycles. The zero-order valence-electron chi connectivity index (χ0n) is 12.8. The molecule has 3 aromatic rings. The minimum absolute atomic E-state index is 0.203. The highest BCUT2D eigenvalue weighted by Gasteiger charge is 2.17. The van der Waals surface area contributed by atoms with Crippen LogP contribution in [0, 0.1) is 0 Å². The standard InChI is InChI=1S/C17H15N3O3S/c1-2-10-24(22)12-16(21)23-20-15-8-9-18-11-14(15)19-17(20)13-6-4-3-5-7-13/h2-9,11H,1,10,12H2. The molecule has 1 aromatic carbocycles. The maximum atomic E-state index is 12.1. The number of hydrogen-bond acceptors (Lipinski definition) is 5. The van der Waals surface area contributed by atoms with Gasteiger partial charge < -0.3 is 4.84 Å². The fraction of sp³-hybridized carbons (Fsp3) is 0.118. The number of benzene rings is 1. The molecular weight excluding hydrogens is 326 g/mol. The Labute approximate surface area is 141 Å². The number of carbonyl (C=O) groups is 1. The summed E-state index contributed by atoms with van der Waals surface area (Å²) in [6, 6.07) is 11.1. The molecule has 3 rings (SSSR count). The van der Waals surface area contributed by atoms with Crippen molar-refractivity contribution in [3.05, 3.63) is 61.4 Å². The van der Waals surface area contributed by atoms with Gasteiger partial charge in [0.05, 0.1) is 6.20 Å². The number of imidazole rings is 1. The fourth-order valence-corrected chi connectivity index (χ4v) is 2.92. The van der Waals surface area contributed by atoms with Crippen LogP contribution in [0.4, 0.5) is 0 Å². The summed E-state index contributed by atoms with van der Waals surface area (Å²) < 4.78 is 13.1. The summed E-state index contributed by atoms with van der Waals surface area (Å²) in [5.74, 6) is -0.0646. The Bertz CT molecular complexity index is 906. The molecule has 1 atom stereocenters. The lowest BCUT2D eigenvalue weighted by Gasteiger charge is -2.09. The predicted molar refractivity (Wildman–Crippen MR) is 92.6 cm³/mol. The molecule has 122 valence electrons. The second-order valence-electron chi connectivity index (χ2n) is 4.96. The lowest BCUT2D eigenvalue weighted by atomic mass is 10.2. The number of carbonyl (C=O) groups excluding carboxylic acids is 1. The molecule has 7 heteroatoms. The Morgan fingerprint density at radius 2 is 2.08 bits per heavy atom. The quantitative estimate of drug-likeness (QED) is 0.641. The second kappa shape index (κ2) is 7.18. The third-order valence-corrected chi connectivity index (χ3v) is 4.39. The average Bonchev–Trinajstić information content (AvgIpc) is 2.94. The number of rotatable bonds is 6. The predicted octanol–water partition coefficient (Wildman–Crippen LogP) is 1.99. The molecule has 0 radical (unpaired) electrons. The van der Waals surface area contributed by atoms with Gasteiger partial charge in [-0.1, -0.05) is 36.4 Å². The molecule has 0 bridgehead atoms. The Kier molecular flexibility index (Phi) is 4.81. The lowest BCUT2D eigenvalue weighted by Crippen LogP contribution is -2.26. The van der Waals surface area contributed by atoms with Gasteiger partial charge in [-0.25, -0.2) is 9.78 Å². The molecule has 0 saturated heterocycles. The largest absolute Gasteiger partial charge is 0.345 e. The number of pyridine rings is 1. The van der Waals surface area contributed by atoms with Gasteiger partial charge in [-0.05, 0) is 6.07 Å². The summed E-state index contributed by atoms with van der Waals surface area (Å²) >= 11 is 0. The van der Waals surface area contributed by atoms with Crippen LogP contribution in [0.25, 0.3) is 22.4 Å². The zero-order valence-corrected chi connectivity index (χ0v) is 13.6. The number of nitrogens with zero attached hydrogens (tertiary/aromatic N) is 3. The molecule has 24 heavy (non-hydrogen) atoms. The number of hydrogen-bond donors (Lipinski definition) is 0. The van der Waals surface area contributed by atoms with E-state index in [1.54, 1.807) is 18.5 Å². The summed E-state index contributed by atoms with van der Waals surface area (Å²) in [5.41, 5.74) is 2.02. The van der Waals surface area contributed by atoms with Crippen LogP contribution < -0.4 is 4.84 Å². The van der Waals surface area contributed by atoms with E-state index in [2.05, 4.69) is 16.5 Å². The normalized spacial score (nSPS) is 12.0. The van der Waals surface area contributed by atoms with Crippen LogP contribution in [-0.4, -0.2) is 36.4 Å². The summed E-state index contributed by atoms with van der Waals surface area (Å²) in [6.45, 7) is 3.51. The molecule has 2 aromatic heterocycles. The maximum Gasteiger partial charge on any atom is 0.345 e. The minimum atomic E-state index is -1.34. The van der Waals surface area contributed by atoms with E-state index in [0.29, 0.717) is 16.9 Å². The third-order valence-electron chi connectivity index (χ3n) is 3.22. The van der Waals surface area contributed by atoms with E-state index in [4.69, 9.17) is 4.84 Å². The van der Waals surface area contributed by atoms with Crippen molar-refractivity contribution in [1.82, 2.24) is 14.7 Å². The van der Waals surface area contributed by atoms with Crippen LogP contribution in [0.15, 0.2) is 61.4 Å². The van der Waals surface area contributed by atoms with Crippen molar-refractivity contribution in [3.63, 3.8) is 0 Å². The van der Waals surface area contributed by atoms with E-state index >= 15 is 0 Å². The highest BCUT2D eigenvalue weighted by molar-refractivity contribution is 7.85. The van der Waals surface area contributed by atoms with Gasteiger partial charge in [0.1, 0.15) is 16.8 Å². The Morgan fingerprint density at radius 3 is 2.83 bits per heavy atom. The van der Waals surface area contributed by atoms with Crippen LogP contribution in [0.2, 0.25) is 0 Å². The van der Waals surface area contributed by atoms with Gasteiger partial charge in [0.25, 0.3) is 0 Å². The number of aromatic nitrogens is 3. The molecule has 0 amide bonds. The topological polar surface area (TPSA) is 74.1 Å². The minimum Gasteiger partial charge on any atom is -0.333 e. The molecule has 0 aliphatic rings. The first-order chi connectivity index (χ1) is 11.7. The first-order valence-corrected chi connectivity index (χ1v) is 8.73. The van der Waals surface area contributed by atoms with Crippen molar-refractivity contribution < 1.29 is 13.8 Å². The van der Waals surface area contributed by atoms with Gasteiger partial charge in [-0.15, -0.1) is 6.58 Å². The van der Waals surface area contributed by atoms with Crippen molar-refractivity contribution in [1.29, 1.82) is 0 Å². The van der Waals surface area contributed by atoms with Crippen LogP contribution in [-0.2, 0) is 15.6 Å². The van der Waals surface area contributed by atoms with E-state index < -0.39 is 16.8 Å².